The van der Waals surface area contributed by atoms with Gasteiger partial charge in [0, 0.05) is 6.20 Å². The molecule has 1 aromatic carbocycles. The molecule has 6 heteroatoms. The van der Waals surface area contributed by atoms with Crippen LogP contribution in [0.2, 0.25) is 0 Å². The van der Waals surface area contributed by atoms with E-state index < -0.39 is 0 Å². The summed E-state index contributed by atoms with van der Waals surface area (Å²) in [5.74, 6) is 0.274. The zero-order chi connectivity index (χ0) is 15.9. The number of benzene rings is 1. The van der Waals surface area contributed by atoms with Crippen LogP contribution in [0.5, 0.6) is 0 Å². The Labute approximate surface area is 126 Å². The summed E-state index contributed by atoms with van der Waals surface area (Å²) in [5.41, 5.74) is 1.53. The normalized spacial score (nSPS) is 11.8. The molecule has 0 bridgehead atoms. The lowest BCUT2D eigenvalue weighted by Crippen LogP contribution is -2.18. The minimum Gasteiger partial charge on any atom is -0.290 e. The van der Waals surface area contributed by atoms with Gasteiger partial charge in [-0.3, -0.25) is 14.6 Å². The van der Waals surface area contributed by atoms with Crippen LogP contribution in [0.25, 0.3) is 16.9 Å². The van der Waals surface area contributed by atoms with Crippen LogP contribution in [0, 0.1) is 0 Å². The van der Waals surface area contributed by atoms with E-state index in [2.05, 4.69) is 35.8 Å². The molecule has 6 nitrogen and oxygen atoms in total. The maximum absolute atomic E-state index is 12.3. The van der Waals surface area contributed by atoms with E-state index in [0.29, 0.717) is 16.5 Å². The highest BCUT2D eigenvalue weighted by Crippen LogP contribution is 2.27. The second kappa shape index (κ2) is 4.91. The van der Waals surface area contributed by atoms with E-state index in [1.807, 2.05) is 12.1 Å². The first-order chi connectivity index (χ1) is 10.4. The molecule has 2 heterocycles. The van der Waals surface area contributed by atoms with Crippen molar-refractivity contribution in [3.05, 3.63) is 52.1 Å². The van der Waals surface area contributed by atoms with Crippen LogP contribution in [0.3, 0.4) is 0 Å². The fraction of sp³-hybridized carbons (Fsp3) is 0.250. The number of para-hydroxylation sites is 1. The van der Waals surface area contributed by atoms with E-state index in [4.69, 9.17) is 0 Å². The third kappa shape index (κ3) is 2.32. The molecular weight excluding hydrogens is 280 g/mol. The van der Waals surface area contributed by atoms with Crippen molar-refractivity contribution in [1.29, 1.82) is 0 Å². The number of carbonyl (C=O) groups excluding carboxylic acids is 1. The van der Waals surface area contributed by atoms with Crippen LogP contribution in [0.15, 0.2) is 35.4 Å². The van der Waals surface area contributed by atoms with Gasteiger partial charge in [-0.15, -0.1) is 0 Å². The topological polar surface area (TPSA) is 80.6 Å². The summed E-state index contributed by atoms with van der Waals surface area (Å²) in [5, 5.41) is 4.55. The fourth-order valence-electron chi connectivity index (χ4n) is 2.35. The van der Waals surface area contributed by atoms with E-state index in [1.165, 1.54) is 17.1 Å². The zero-order valence-electron chi connectivity index (χ0n) is 12.5. The number of aromatic amines is 1. The molecule has 0 unspecified atom stereocenters. The lowest BCUT2D eigenvalue weighted by atomic mass is 9.85. The van der Waals surface area contributed by atoms with Crippen LogP contribution < -0.4 is 5.56 Å². The number of fused-ring (bicyclic) bond motifs is 1. The minimum absolute atomic E-state index is 0.149. The average molecular weight is 295 g/mol. The van der Waals surface area contributed by atoms with Gasteiger partial charge in [0.05, 0.1) is 22.7 Å². The quantitative estimate of drug-likeness (QED) is 0.782. The lowest BCUT2D eigenvalue weighted by Gasteiger charge is -2.20. The zero-order valence-corrected chi connectivity index (χ0v) is 12.5. The van der Waals surface area contributed by atoms with Gasteiger partial charge in [0.25, 0.3) is 5.56 Å². The summed E-state index contributed by atoms with van der Waals surface area (Å²) in [4.78, 5) is 30.2. The van der Waals surface area contributed by atoms with Gasteiger partial charge in [-0.1, -0.05) is 32.9 Å². The lowest BCUT2D eigenvalue weighted by molar-refractivity contribution is 0.562. The maximum atomic E-state index is 12.3. The highest BCUT2D eigenvalue weighted by molar-refractivity contribution is 5.82. The Morgan fingerprint density at radius 3 is 2.68 bits per heavy atom. The van der Waals surface area contributed by atoms with E-state index in [1.54, 1.807) is 12.4 Å². The van der Waals surface area contributed by atoms with E-state index in [0.717, 1.165) is 5.56 Å². The molecule has 0 amide bonds. The molecule has 3 aromatic rings. The second-order valence-electron chi connectivity index (χ2n) is 6.12. The number of nitrogens with zero attached hydrogens (tertiary/aromatic N) is 3. The molecule has 2 aromatic heterocycles. The molecule has 0 atom stereocenters. The van der Waals surface area contributed by atoms with Gasteiger partial charge >= 0.3 is 0 Å². The van der Waals surface area contributed by atoms with Crippen molar-refractivity contribution in [3.63, 3.8) is 0 Å². The summed E-state index contributed by atoms with van der Waals surface area (Å²) in [6.45, 7) is 6.20. The predicted molar refractivity (Wildman–Crippen MR) is 83.0 cm³/mol. The average Bonchev–Trinajstić information content (AvgIpc) is 2.94. The molecule has 0 aliphatic carbocycles. The first-order valence-electron chi connectivity index (χ1n) is 6.87. The maximum Gasteiger partial charge on any atom is 0.260 e. The summed E-state index contributed by atoms with van der Waals surface area (Å²) >= 11 is 0. The largest absolute Gasteiger partial charge is 0.290 e. The first-order valence-corrected chi connectivity index (χ1v) is 6.87. The predicted octanol–water partition coefficient (Wildman–Crippen LogP) is 1.86. The Bertz CT molecular complexity index is 916. The molecule has 1 radical (unpaired) electrons. The number of H-pyrrole nitrogens is 1. The van der Waals surface area contributed by atoms with Crippen molar-refractivity contribution >= 4 is 17.2 Å². The van der Waals surface area contributed by atoms with Crippen LogP contribution in [0.1, 0.15) is 31.9 Å². The van der Waals surface area contributed by atoms with Crippen LogP contribution in [-0.2, 0) is 10.2 Å². The number of aromatic nitrogens is 4. The van der Waals surface area contributed by atoms with Gasteiger partial charge in [0.2, 0.25) is 12.2 Å². The highest BCUT2D eigenvalue weighted by Gasteiger charge is 2.19. The Kier molecular flexibility index (Phi) is 3.16. The van der Waals surface area contributed by atoms with Gasteiger partial charge < -0.3 is 0 Å². The molecule has 3 rings (SSSR count). The van der Waals surface area contributed by atoms with Crippen LogP contribution in [-0.4, -0.2) is 26.0 Å². The monoisotopic (exact) mass is 295 g/mol. The van der Waals surface area contributed by atoms with Gasteiger partial charge in [0.15, 0.2) is 0 Å². The van der Waals surface area contributed by atoms with Crippen molar-refractivity contribution < 1.29 is 4.79 Å². The molecule has 0 aliphatic heterocycles. The van der Waals surface area contributed by atoms with E-state index >= 15 is 0 Å². The van der Waals surface area contributed by atoms with Crippen molar-refractivity contribution in [3.8, 4) is 5.95 Å². The Morgan fingerprint density at radius 2 is 2.05 bits per heavy atom. The van der Waals surface area contributed by atoms with Gasteiger partial charge in [-0.2, -0.15) is 5.10 Å². The number of nitrogens with one attached hydrogen (secondary N) is 1. The van der Waals surface area contributed by atoms with Crippen molar-refractivity contribution in [2.75, 3.05) is 0 Å². The van der Waals surface area contributed by atoms with E-state index in [-0.39, 0.29) is 16.9 Å². The summed E-state index contributed by atoms with van der Waals surface area (Å²) < 4.78 is 1.36. The number of hydrogen-bond donors (Lipinski definition) is 1. The summed E-state index contributed by atoms with van der Waals surface area (Å²) in [7, 11) is 0. The van der Waals surface area contributed by atoms with E-state index in [9.17, 15) is 9.59 Å². The molecule has 0 aliphatic rings. The SMILES string of the molecule is CC(C)(C)c1cccc2c(=O)[nH]c(-n3cc([C]=O)cn3)nc12. The van der Waals surface area contributed by atoms with Crippen molar-refractivity contribution in [1.82, 2.24) is 19.7 Å². The smallest absolute Gasteiger partial charge is 0.260 e. The van der Waals surface area contributed by atoms with Gasteiger partial charge in [-0.25, -0.2) is 9.67 Å². The standard InChI is InChI=1S/C16H15N4O2/c1-16(2,3)12-6-4-5-11-13(12)18-15(19-14(11)22)20-8-10(9-21)7-17-20/h4-8H,1-3H3,(H,18,19,22). The first kappa shape index (κ1) is 14.2. The van der Waals surface area contributed by atoms with Crippen LogP contribution in [0.4, 0.5) is 0 Å². The van der Waals surface area contributed by atoms with Crippen LogP contribution >= 0.6 is 0 Å². The number of hydrogen-bond acceptors (Lipinski definition) is 4. The molecular formula is C16H15N4O2. The summed E-state index contributed by atoms with van der Waals surface area (Å²) in [6.07, 6.45) is 4.59. The third-order valence-corrected chi connectivity index (χ3v) is 3.45. The minimum atomic E-state index is -0.238. The van der Waals surface area contributed by atoms with Gasteiger partial charge in [-0.05, 0) is 17.0 Å². The Balaban J connectivity index is 2.31. The fourth-order valence-corrected chi connectivity index (χ4v) is 2.35. The molecule has 1 N–H and O–H groups in total. The summed E-state index contributed by atoms with van der Waals surface area (Å²) in [6, 6.07) is 5.56. The second-order valence-corrected chi connectivity index (χ2v) is 6.12. The van der Waals surface area contributed by atoms with Crippen molar-refractivity contribution in [2.24, 2.45) is 0 Å². The molecule has 111 valence electrons. The number of rotatable bonds is 2. The Morgan fingerprint density at radius 1 is 1.27 bits per heavy atom. The highest BCUT2D eigenvalue weighted by atomic mass is 16.1. The molecule has 0 spiro atoms. The third-order valence-electron chi connectivity index (χ3n) is 3.45. The van der Waals surface area contributed by atoms with Crippen molar-refractivity contribution in [2.45, 2.75) is 26.2 Å². The molecule has 0 fully saturated rings. The molecule has 0 saturated carbocycles. The Hall–Kier alpha value is -2.76. The van der Waals surface area contributed by atoms with Gasteiger partial charge in [0.1, 0.15) is 0 Å². The molecule has 0 saturated heterocycles. The molecule has 22 heavy (non-hydrogen) atoms.